The number of hydrogen-bond donors (Lipinski definition) is 1. The van der Waals surface area contributed by atoms with Crippen LogP contribution in [0.3, 0.4) is 0 Å². The second-order valence-corrected chi connectivity index (χ2v) is 9.24. The molecule has 204 valence electrons. The van der Waals surface area contributed by atoms with E-state index in [4.69, 9.17) is 9.47 Å². The smallest absolute Gasteiger partial charge is 0.354 e. The van der Waals surface area contributed by atoms with Crippen molar-refractivity contribution in [1.29, 1.82) is 0 Å². The number of aryl methyl sites for hydroxylation is 1. The number of methoxy groups -OCH3 is 1. The average molecular weight is 545 g/mol. The number of halogens is 2. The molecule has 0 bridgehead atoms. The molecule has 0 aliphatic heterocycles. The van der Waals surface area contributed by atoms with Crippen molar-refractivity contribution >= 4 is 17.1 Å². The van der Waals surface area contributed by atoms with Crippen LogP contribution in [0.25, 0.3) is 22.4 Å². The lowest BCUT2D eigenvalue weighted by atomic mass is 10.1. The Balaban J connectivity index is 1.37. The molecule has 3 aromatic heterocycles. The number of nitrogens with zero attached hydrogens (tertiary/aromatic N) is 4. The summed E-state index contributed by atoms with van der Waals surface area (Å²) in [5.41, 5.74) is 3.51. The first-order chi connectivity index (χ1) is 19.3. The van der Waals surface area contributed by atoms with Crippen molar-refractivity contribution in [1.82, 2.24) is 19.5 Å². The number of carboxylic acids is 1. The number of aromatic nitrogens is 4. The van der Waals surface area contributed by atoms with Crippen LogP contribution in [0.4, 0.5) is 8.78 Å². The Morgan fingerprint density at radius 1 is 0.950 bits per heavy atom. The third kappa shape index (κ3) is 5.81. The zero-order chi connectivity index (χ0) is 28.2. The van der Waals surface area contributed by atoms with Gasteiger partial charge in [0.1, 0.15) is 29.6 Å². The summed E-state index contributed by atoms with van der Waals surface area (Å²) in [5.74, 6) is -1.11. The van der Waals surface area contributed by atoms with Gasteiger partial charge in [0.15, 0.2) is 11.3 Å². The van der Waals surface area contributed by atoms with Crippen LogP contribution in [0.2, 0.25) is 0 Å². The van der Waals surface area contributed by atoms with E-state index < -0.39 is 11.8 Å². The Hall–Kier alpha value is -4.70. The summed E-state index contributed by atoms with van der Waals surface area (Å²) in [5, 5.41) is 9.33. The molecule has 10 heteroatoms. The number of fused-ring (bicyclic) bond motifs is 1. The number of carboxylic acid groups (broad SMARTS) is 1. The molecular weight excluding hydrogens is 518 g/mol. The molecule has 0 spiro atoms. The van der Waals surface area contributed by atoms with Gasteiger partial charge in [0.2, 0.25) is 5.88 Å². The monoisotopic (exact) mass is 544 g/mol. The van der Waals surface area contributed by atoms with Crippen LogP contribution < -0.4 is 4.74 Å². The number of hydrogen-bond acceptors (Lipinski definition) is 6. The molecule has 0 fully saturated rings. The zero-order valence-electron chi connectivity index (χ0n) is 21.9. The molecule has 2 aromatic carbocycles. The minimum atomic E-state index is -1.14. The Morgan fingerprint density at radius 2 is 1.75 bits per heavy atom. The molecule has 0 amide bonds. The second kappa shape index (κ2) is 11.6. The van der Waals surface area contributed by atoms with Crippen LogP contribution in [0.1, 0.15) is 33.0 Å². The fraction of sp³-hybridized carbons (Fsp3) is 0.200. The van der Waals surface area contributed by atoms with Crippen molar-refractivity contribution in [3.05, 3.63) is 107 Å². The van der Waals surface area contributed by atoms with Gasteiger partial charge >= 0.3 is 5.97 Å². The number of aromatic carboxylic acids is 1. The molecular formula is C30H26F2N4O4. The van der Waals surface area contributed by atoms with Gasteiger partial charge in [-0.05, 0) is 48.4 Å². The molecule has 3 heterocycles. The maximum absolute atomic E-state index is 15.3. The molecule has 40 heavy (non-hydrogen) atoms. The van der Waals surface area contributed by atoms with E-state index in [2.05, 4.69) is 15.0 Å². The Morgan fingerprint density at radius 3 is 2.50 bits per heavy atom. The molecule has 0 saturated heterocycles. The minimum absolute atomic E-state index is 0.0166. The van der Waals surface area contributed by atoms with Crippen LogP contribution in [0, 0.1) is 18.6 Å². The average Bonchev–Trinajstić information content (AvgIpc) is 3.28. The number of ether oxygens (including phenoxy) is 2. The highest BCUT2D eigenvalue weighted by Crippen LogP contribution is 2.25. The number of imidazole rings is 1. The molecule has 5 aromatic rings. The summed E-state index contributed by atoms with van der Waals surface area (Å²) in [6.07, 6.45) is 0.160. The largest absolute Gasteiger partial charge is 0.477 e. The first-order valence-electron chi connectivity index (χ1n) is 12.5. The van der Waals surface area contributed by atoms with Crippen molar-refractivity contribution in [2.45, 2.75) is 26.5 Å². The zero-order valence-corrected chi connectivity index (χ0v) is 21.9. The van der Waals surface area contributed by atoms with Gasteiger partial charge in [-0.15, -0.1) is 0 Å². The number of carbonyl (C=O) groups is 1. The van der Waals surface area contributed by atoms with Crippen molar-refractivity contribution in [3.63, 3.8) is 0 Å². The molecule has 0 unspecified atom stereocenters. The topological polar surface area (TPSA) is 99.4 Å². The van der Waals surface area contributed by atoms with Crippen LogP contribution in [0.15, 0.2) is 66.7 Å². The van der Waals surface area contributed by atoms with Crippen molar-refractivity contribution in [3.8, 4) is 17.1 Å². The standard InChI is InChI=1S/C30H26F2N4O4/c1-18-6-7-21(22(31)14-18)17-40-28-5-3-4-24(34-28)20-9-8-19(23(32)15-20)16-27-33-25-10-11-26(30(37)38)35-29(25)36(27)12-13-39-2/h3-11,14-15H,12-13,16-17H2,1-2H3,(H,37,38). The molecule has 0 aliphatic rings. The Bertz CT molecular complexity index is 1700. The SMILES string of the molecule is COCCn1c(Cc2ccc(-c3cccc(OCc4ccc(C)cc4F)n3)cc2F)nc2ccc(C(=O)O)nc21. The van der Waals surface area contributed by atoms with Crippen molar-refractivity contribution < 1.29 is 28.2 Å². The lowest BCUT2D eigenvalue weighted by Gasteiger charge is -2.11. The molecule has 8 nitrogen and oxygen atoms in total. The van der Waals surface area contributed by atoms with Crippen molar-refractivity contribution in [2.24, 2.45) is 0 Å². The molecule has 0 aliphatic carbocycles. The molecule has 1 N–H and O–H groups in total. The van der Waals surface area contributed by atoms with E-state index in [0.29, 0.717) is 58.4 Å². The highest BCUT2D eigenvalue weighted by Gasteiger charge is 2.17. The number of rotatable bonds is 10. The van der Waals surface area contributed by atoms with Gasteiger partial charge in [-0.1, -0.05) is 30.3 Å². The van der Waals surface area contributed by atoms with Gasteiger partial charge < -0.3 is 19.1 Å². The van der Waals surface area contributed by atoms with E-state index >= 15 is 4.39 Å². The minimum Gasteiger partial charge on any atom is -0.477 e. The van der Waals surface area contributed by atoms with Gasteiger partial charge in [0, 0.05) is 37.3 Å². The van der Waals surface area contributed by atoms with Crippen LogP contribution in [-0.4, -0.2) is 44.3 Å². The van der Waals surface area contributed by atoms with E-state index in [1.54, 1.807) is 54.1 Å². The van der Waals surface area contributed by atoms with Crippen molar-refractivity contribution in [2.75, 3.05) is 13.7 Å². The highest BCUT2D eigenvalue weighted by molar-refractivity contribution is 5.88. The van der Waals surface area contributed by atoms with Gasteiger partial charge in [-0.3, -0.25) is 0 Å². The fourth-order valence-electron chi connectivity index (χ4n) is 4.32. The molecule has 0 radical (unpaired) electrons. The van der Waals surface area contributed by atoms with E-state index in [0.717, 1.165) is 5.56 Å². The van der Waals surface area contributed by atoms with E-state index in [-0.39, 0.29) is 24.5 Å². The summed E-state index contributed by atoms with van der Waals surface area (Å²) in [7, 11) is 1.56. The van der Waals surface area contributed by atoms with Crippen LogP contribution in [0.5, 0.6) is 5.88 Å². The highest BCUT2D eigenvalue weighted by atomic mass is 19.1. The van der Waals surface area contributed by atoms with Gasteiger partial charge in [-0.25, -0.2) is 28.5 Å². The maximum atomic E-state index is 15.3. The summed E-state index contributed by atoms with van der Waals surface area (Å²) in [4.78, 5) is 24.7. The normalized spacial score (nSPS) is 11.2. The van der Waals surface area contributed by atoms with Gasteiger partial charge in [0.25, 0.3) is 0 Å². The molecule has 5 rings (SSSR count). The summed E-state index contributed by atoms with van der Waals surface area (Å²) in [6, 6.07) is 17.9. The Labute approximate surface area is 228 Å². The number of pyridine rings is 2. The van der Waals surface area contributed by atoms with Gasteiger partial charge in [0.05, 0.1) is 12.3 Å². The maximum Gasteiger partial charge on any atom is 0.354 e. The van der Waals surface area contributed by atoms with Gasteiger partial charge in [-0.2, -0.15) is 0 Å². The Kier molecular flexibility index (Phi) is 7.79. The first-order valence-corrected chi connectivity index (χ1v) is 12.5. The van der Waals surface area contributed by atoms with E-state index in [1.165, 1.54) is 18.2 Å². The third-order valence-corrected chi connectivity index (χ3v) is 6.41. The lowest BCUT2D eigenvalue weighted by Crippen LogP contribution is -2.11. The van der Waals surface area contributed by atoms with E-state index in [9.17, 15) is 14.3 Å². The first kappa shape index (κ1) is 26.9. The molecule has 0 atom stereocenters. The van der Waals surface area contributed by atoms with E-state index in [1.807, 2.05) is 13.0 Å². The molecule has 0 saturated carbocycles. The third-order valence-electron chi connectivity index (χ3n) is 6.41. The summed E-state index contributed by atoms with van der Waals surface area (Å²) < 4.78 is 42.1. The quantitative estimate of drug-likeness (QED) is 0.245. The lowest BCUT2D eigenvalue weighted by molar-refractivity contribution is 0.0691. The summed E-state index contributed by atoms with van der Waals surface area (Å²) >= 11 is 0. The predicted molar refractivity (Wildman–Crippen MR) is 144 cm³/mol. The summed E-state index contributed by atoms with van der Waals surface area (Å²) in [6.45, 7) is 2.55. The second-order valence-electron chi connectivity index (χ2n) is 9.24. The number of benzene rings is 2. The fourth-order valence-corrected chi connectivity index (χ4v) is 4.32. The predicted octanol–water partition coefficient (Wildman–Crippen LogP) is 5.59. The van der Waals surface area contributed by atoms with Crippen LogP contribution >= 0.6 is 0 Å². The van der Waals surface area contributed by atoms with Crippen LogP contribution in [-0.2, 0) is 24.3 Å².